The number of likely N-dealkylation sites (N-methyl/N-ethyl adjacent to an activating group) is 1. The van der Waals surface area contributed by atoms with Crippen molar-refractivity contribution in [1.82, 2.24) is 10.2 Å². The van der Waals surface area contributed by atoms with E-state index in [9.17, 15) is 4.79 Å². The van der Waals surface area contributed by atoms with Crippen LogP contribution in [0.25, 0.3) is 0 Å². The topological polar surface area (TPSA) is 41.6 Å². The first-order chi connectivity index (χ1) is 8.12. The second-order valence-corrected chi connectivity index (χ2v) is 5.54. The predicted molar refractivity (Wildman–Crippen MR) is 66.9 cm³/mol. The van der Waals surface area contributed by atoms with E-state index in [-0.39, 0.29) is 17.6 Å². The van der Waals surface area contributed by atoms with Crippen LogP contribution >= 0.6 is 0 Å². The molecular formula is C13H24N2O2. The zero-order valence-corrected chi connectivity index (χ0v) is 11.0. The SMILES string of the molecule is CN(CC1CCCO1)C(=O)C1(C)CCCCN1. The molecule has 0 aromatic carbocycles. The first-order valence-electron chi connectivity index (χ1n) is 6.74. The van der Waals surface area contributed by atoms with E-state index >= 15 is 0 Å². The van der Waals surface area contributed by atoms with Crippen LogP contribution in [-0.4, -0.2) is 49.2 Å². The van der Waals surface area contributed by atoms with Gasteiger partial charge in [0, 0.05) is 20.2 Å². The fraction of sp³-hybridized carbons (Fsp3) is 0.923. The van der Waals surface area contributed by atoms with Crippen molar-refractivity contribution in [1.29, 1.82) is 0 Å². The van der Waals surface area contributed by atoms with Crippen molar-refractivity contribution in [3.05, 3.63) is 0 Å². The Kier molecular flexibility index (Phi) is 4.05. The molecule has 0 spiro atoms. The Hall–Kier alpha value is -0.610. The molecule has 1 amide bonds. The number of amides is 1. The number of ether oxygens (including phenoxy) is 1. The summed E-state index contributed by atoms with van der Waals surface area (Å²) in [5, 5.41) is 3.37. The lowest BCUT2D eigenvalue weighted by molar-refractivity contribution is -0.138. The van der Waals surface area contributed by atoms with Crippen LogP contribution in [0.3, 0.4) is 0 Å². The number of hydrogen-bond acceptors (Lipinski definition) is 3. The quantitative estimate of drug-likeness (QED) is 0.805. The van der Waals surface area contributed by atoms with Crippen LogP contribution in [0.5, 0.6) is 0 Å². The van der Waals surface area contributed by atoms with E-state index in [0.717, 1.165) is 45.4 Å². The van der Waals surface area contributed by atoms with Gasteiger partial charge in [-0.3, -0.25) is 4.79 Å². The number of carbonyl (C=O) groups excluding carboxylic acids is 1. The molecule has 98 valence electrons. The van der Waals surface area contributed by atoms with Crippen LogP contribution in [0.1, 0.15) is 39.0 Å². The largest absolute Gasteiger partial charge is 0.376 e. The Morgan fingerprint density at radius 3 is 2.88 bits per heavy atom. The minimum absolute atomic E-state index is 0.215. The van der Waals surface area contributed by atoms with E-state index in [1.807, 2.05) is 18.9 Å². The number of carbonyl (C=O) groups is 1. The fourth-order valence-corrected chi connectivity index (χ4v) is 2.84. The van der Waals surface area contributed by atoms with Crippen molar-refractivity contribution in [2.75, 3.05) is 26.7 Å². The van der Waals surface area contributed by atoms with Gasteiger partial charge < -0.3 is 15.0 Å². The van der Waals surface area contributed by atoms with Crippen LogP contribution in [0, 0.1) is 0 Å². The average molecular weight is 240 g/mol. The van der Waals surface area contributed by atoms with Gasteiger partial charge in [0.15, 0.2) is 0 Å². The molecular weight excluding hydrogens is 216 g/mol. The molecule has 2 heterocycles. The van der Waals surface area contributed by atoms with E-state index in [1.54, 1.807) is 0 Å². The van der Waals surface area contributed by atoms with Gasteiger partial charge in [-0.15, -0.1) is 0 Å². The van der Waals surface area contributed by atoms with Gasteiger partial charge in [-0.05, 0) is 45.6 Å². The van der Waals surface area contributed by atoms with Gasteiger partial charge in [0.1, 0.15) is 0 Å². The van der Waals surface area contributed by atoms with E-state index in [4.69, 9.17) is 4.74 Å². The normalized spacial score (nSPS) is 33.6. The molecule has 2 rings (SSSR count). The van der Waals surface area contributed by atoms with E-state index < -0.39 is 0 Å². The zero-order chi connectivity index (χ0) is 12.3. The molecule has 0 radical (unpaired) electrons. The van der Waals surface area contributed by atoms with E-state index in [2.05, 4.69) is 5.32 Å². The number of hydrogen-bond donors (Lipinski definition) is 1. The van der Waals surface area contributed by atoms with Crippen molar-refractivity contribution < 1.29 is 9.53 Å². The third-order valence-corrected chi connectivity index (χ3v) is 3.94. The van der Waals surface area contributed by atoms with Gasteiger partial charge in [-0.1, -0.05) is 0 Å². The maximum atomic E-state index is 12.4. The monoisotopic (exact) mass is 240 g/mol. The Labute approximate surface area is 104 Å². The summed E-state index contributed by atoms with van der Waals surface area (Å²) in [7, 11) is 1.89. The van der Waals surface area contributed by atoms with Crippen LogP contribution in [0.2, 0.25) is 0 Å². The maximum absolute atomic E-state index is 12.4. The van der Waals surface area contributed by atoms with Crippen molar-refractivity contribution in [3.8, 4) is 0 Å². The molecule has 0 aromatic rings. The highest BCUT2D eigenvalue weighted by atomic mass is 16.5. The lowest BCUT2D eigenvalue weighted by atomic mass is 9.89. The number of nitrogens with zero attached hydrogens (tertiary/aromatic N) is 1. The van der Waals surface area contributed by atoms with Crippen LogP contribution in [-0.2, 0) is 9.53 Å². The number of nitrogens with one attached hydrogen (secondary N) is 1. The molecule has 4 nitrogen and oxygen atoms in total. The number of piperidine rings is 1. The van der Waals surface area contributed by atoms with Gasteiger partial charge >= 0.3 is 0 Å². The highest BCUT2D eigenvalue weighted by Gasteiger charge is 2.37. The molecule has 2 unspecified atom stereocenters. The van der Waals surface area contributed by atoms with Gasteiger partial charge in [0.05, 0.1) is 11.6 Å². The summed E-state index contributed by atoms with van der Waals surface area (Å²) in [5.41, 5.74) is -0.356. The Bertz CT molecular complexity index is 269. The zero-order valence-electron chi connectivity index (χ0n) is 11.0. The summed E-state index contributed by atoms with van der Waals surface area (Å²) < 4.78 is 5.58. The predicted octanol–water partition coefficient (Wildman–Crippen LogP) is 1.16. The lowest BCUT2D eigenvalue weighted by Gasteiger charge is -2.37. The Morgan fingerprint density at radius 1 is 1.47 bits per heavy atom. The first kappa shape index (κ1) is 12.8. The van der Waals surface area contributed by atoms with Crippen LogP contribution < -0.4 is 5.32 Å². The standard InChI is InChI=1S/C13H24N2O2/c1-13(7-3-4-8-14-13)12(16)15(2)10-11-6-5-9-17-11/h11,14H,3-10H2,1-2H3. The van der Waals surface area contributed by atoms with Crippen molar-refractivity contribution >= 4 is 5.91 Å². The molecule has 2 aliphatic rings. The van der Waals surface area contributed by atoms with E-state index in [0.29, 0.717) is 0 Å². The van der Waals surface area contributed by atoms with Crippen LogP contribution in [0.4, 0.5) is 0 Å². The third kappa shape index (κ3) is 2.99. The smallest absolute Gasteiger partial charge is 0.242 e. The maximum Gasteiger partial charge on any atom is 0.242 e. The summed E-state index contributed by atoms with van der Waals surface area (Å²) in [6.07, 6.45) is 5.73. The Morgan fingerprint density at radius 2 is 2.29 bits per heavy atom. The third-order valence-electron chi connectivity index (χ3n) is 3.94. The summed E-state index contributed by atoms with van der Waals surface area (Å²) in [4.78, 5) is 14.3. The molecule has 0 aromatic heterocycles. The Balaban J connectivity index is 1.88. The van der Waals surface area contributed by atoms with Gasteiger partial charge in [0.2, 0.25) is 5.91 Å². The van der Waals surface area contributed by atoms with E-state index in [1.165, 1.54) is 6.42 Å². The molecule has 2 aliphatic heterocycles. The average Bonchev–Trinajstić information content (AvgIpc) is 2.81. The van der Waals surface area contributed by atoms with Crippen molar-refractivity contribution in [3.63, 3.8) is 0 Å². The summed E-state index contributed by atoms with van der Waals surface area (Å²) >= 11 is 0. The molecule has 0 aliphatic carbocycles. The second-order valence-electron chi connectivity index (χ2n) is 5.54. The summed E-state index contributed by atoms with van der Waals surface area (Å²) in [6.45, 7) is 4.56. The number of rotatable bonds is 3. The molecule has 1 N–H and O–H groups in total. The van der Waals surface area contributed by atoms with Gasteiger partial charge in [-0.25, -0.2) is 0 Å². The lowest BCUT2D eigenvalue weighted by Crippen LogP contribution is -2.58. The molecule has 4 heteroatoms. The fourth-order valence-electron chi connectivity index (χ4n) is 2.84. The highest BCUT2D eigenvalue weighted by molar-refractivity contribution is 5.85. The van der Waals surface area contributed by atoms with Crippen molar-refractivity contribution in [2.45, 2.75) is 50.7 Å². The minimum Gasteiger partial charge on any atom is -0.376 e. The minimum atomic E-state index is -0.356. The first-order valence-corrected chi connectivity index (χ1v) is 6.74. The summed E-state index contributed by atoms with van der Waals surface area (Å²) in [6, 6.07) is 0. The molecule has 0 bridgehead atoms. The van der Waals surface area contributed by atoms with Crippen LogP contribution in [0.15, 0.2) is 0 Å². The molecule has 2 fully saturated rings. The molecule has 2 saturated heterocycles. The molecule has 0 saturated carbocycles. The summed E-state index contributed by atoms with van der Waals surface area (Å²) in [5.74, 6) is 0.215. The highest BCUT2D eigenvalue weighted by Crippen LogP contribution is 2.22. The second kappa shape index (κ2) is 5.36. The van der Waals surface area contributed by atoms with Crippen molar-refractivity contribution in [2.24, 2.45) is 0 Å². The molecule has 17 heavy (non-hydrogen) atoms. The van der Waals surface area contributed by atoms with Gasteiger partial charge in [-0.2, -0.15) is 0 Å². The van der Waals surface area contributed by atoms with Gasteiger partial charge in [0.25, 0.3) is 0 Å². The molecule has 2 atom stereocenters.